The molecule has 0 unspecified atom stereocenters. The Morgan fingerprint density at radius 3 is 2.28 bits per heavy atom. The summed E-state index contributed by atoms with van der Waals surface area (Å²) in [4.78, 5) is 12.4. The Morgan fingerprint density at radius 2 is 1.66 bits per heavy atom. The molecule has 0 saturated carbocycles. The molecule has 2 rings (SSSR count). The fourth-order valence-corrected chi connectivity index (χ4v) is 4.61. The summed E-state index contributed by atoms with van der Waals surface area (Å²) in [7, 11) is -3.95. The Hall–Kier alpha value is -1.31. The standard InChI is InChI=1S/C20H23Cl3N2O3S/c1-2-3-4-11-24-20(26)14-25(13-15-5-6-17(22)12-19(15)23)29(27,28)18-9-7-16(21)8-10-18/h5-10,12H,2-4,11,13-14H2,1H3,(H,24,26). The Labute approximate surface area is 187 Å². The van der Waals surface area contributed by atoms with Crippen molar-refractivity contribution in [3.8, 4) is 0 Å². The third-order valence-corrected chi connectivity index (χ3v) is 6.88. The van der Waals surface area contributed by atoms with Gasteiger partial charge in [-0.25, -0.2) is 8.42 Å². The predicted molar refractivity (Wildman–Crippen MR) is 118 cm³/mol. The van der Waals surface area contributed by atoms with Crippen LogP contribution in [0, 0.1) is 0 Å². The lowest BCUT2D eigenvalue weighted by atomic mass is 10.2. The number of carbonyl (C=O) groups is 1. The topological polar surface area (TPSA) is 66.5 Å². The first-order chi connectivity index (χ1) is 13.7. The Balaban J connectivity index is 2.26. The van der Waals surface area contributed by atoms with Crippen LogP contribution < -0.4 is 5.32 Å². The molecule has 158 valence electrons. The van der Waals surface area contributed by atoms with Crippen LogP contribution in [0.4, 0.5) is 0 Å². The minimum absolute atomic E-state index is 0.0470. The molecule has 1 N–H and O–H groups in total. The molecule has 0 aliphatic carbocycles. The molecule has 0 aliphatic rings. The van der Waals surface area contributed by atoms with Gasteiger partial charge in [0.1, 0.15) is 0 Å². The van der Waals surface area contributed by atoms with Crippen LogP contribution in [0.3, 0.4) is 0 Å². The molecular weight excluding hydrogens is 455 g/mol. The first-order valence-electron chi connectivity index (χ1n) is 9.20. The maximum Gasteiger partial charge on any atom is 0.243 e. The molecule has 0 fully saturated rings. The highest BCUT2D eigenvalue weighted by Gasteiger charge is 2.27. The molecule has 5 nitrogen and oxygen atoms in total. The number of amides is 1. The van der Waals surface area contributed by atoms with E-state index >= 15 is 0 Å². The average molecular weight is 478 g/mol. The predicted octanol–water partition coefficient (Wildman–Crippen LogP) is 5.14. The normalized spacial score (nSPS) is 11.6. The lowest BCUT2D eigenvalue weighted by Gasteiger charge is -2.22. The zero-order valence-electron chi connectivity index (χ0n) is 16.0. The molecule has 0 heterocycles. The summed E-state index contributed by atoms with van der Waals surface area (Å²) >= 11 is 18.0. The first-order valence-corrected chi connectivity index (χ1v) is 11.8. The van der Waals surface area contributed by atoms with Gasteiger partial charge in [-0.3, -0.25) is 4.79 Å². The van der Waals surface area contributed by atoms with Gasteiger partial charge >= 0.3 is 0 Å². The van der Waals surface area contributed by atoms with Gasteiger partial charge in [0, 0.05) is 28.2 Å². The van der Waals surface area contributed by atoms with E-state index in [9.17, 15) is 13.2 Å². The van der Waals surface area contributed by atoms with Crippen LogP contribution in [-0.2, 0) is 21.4 Å². The second-order valence-electron chi connectivity index (χ2n) is 6.52. The number of rotatable bonds is 10. The third kappa shape index (κ3) is 7.15. The largest absolute Gasteiger partial charge is 0.355 e. The van der Waals surface area contributed by atoms with E-state index in [1.54, 1.807) is 12.1 Å². The summed E-state index contributed by atoms with van der Waals surface area (Å²) < 4.78 is 27.4. The summed E-state index contributed by atoms with van der Waals surface area (Å²) in [6.07, 6.45) is 2.87. The molecule has 0 aromatic heterocycles. The van der Waals surface area contributed by atoms with Crippen molar-refractivity contribution in [3.05, 3.63) is 63.1 Å². The zero-order valence-corrected chi connectivity index (χ0v) is 19.1. The second-order valence-corrected chi connectivity index (χ2v) is 9.74. The Kier molecular flexibility index (Phi) is 9.24. The van der Waals surface area contributed by atoms with Crippen molar-refractivity contribution in [1.82, 2.24) is 9.62 Å². The van der Waals surface area contributed by atoms with Gasteiger partial charge < -0.3 is 5.32 Å². The Morgan fingerprint density at radius 1 is 1.00 bits per heavy atom. The molecule has 9 heteroatoms. The van der Waals surface area contributed by atoms with E-state index in [1.807, 2.05) is 0 Å². The van der Waals surface area contributed by atoms with Crippen molar-refractivity contribution in [2.75, 3.05) is 13.1 Å². The van der Waals surface area contributed by atoms with Gasteiger partial charge in [-0.15, -0.1) is 0 Å². The molecule has 0 bridgehead atoms. The van der Waals surface area contributed by atoms with E-state index in [2.05, 4.69) is 12.2 Å². The number of nitrogens with one attached hydrogen (secondary N) is 1. The number of hydrogen-bond acceptors (Lipinski definition) is 3. The van der Waals surface area contributed by atoms with E-state index in [-0.39, 0.29) is 23.9 Å². The maximum atomic E-state index is 13.2. The summed E-state index contributed by atoms with van der Waals surface area (Å²) in [6, 6.07) is 10.6. The number of sulfonamides is 1. The summed E-state index contributed by atoms with van der Waals surface area (Å²) in [5.41, 5.74) is 0.549. The van der Waals surface area contributed by atoms with Gasteiger partial charge in [-0.2, -0.15) is 4.31 Å². The highest BCUT2D eigenvalue weighted by atomic mass is 35.5. The van der Waals surface area contributed by atoms with Crippen LogP contribution in [0.1, 0.15) is 31.7 Å². The lowest BCUT2D eigenvalue weighted by molar-refractivity contribution is -0.121. The van der Waals surface area contributed by atoms with Gasteiger partial charge in [0.15, 0.2) is 0 Å². The van der Waals surface area contributed by atoms with Gasteiger partial charge in [0.2, 0.25) is 15.9 Å². The van der Waals surface area contributed by atoms with Gasteiger partial charge in [-0.05, 0) is 48.4 Å². The van der Waals surface area contributed by atoms with Crippen molar-refractivity contribution in [1.29, 1.82) is 0 Å². The molecule has 0 radical (unpaired) electrons. The monoisotopic (exact) mass is 476 g/mol. The molecule has 0 aliphatic heterocycles. The van der Waals surface area contributed by atoms with E-state index in [0.29, 0.717) is 27.2 Å². The Bertz CT molecular complexity index is 934. The number of halogens is 3. The van der Waals surface area contributed by atoms with E-state index in [1.165, 1.54) is 30.3 Å². The van der Waals surface area contributed by atoms with Crippen molar-refractivity contribution >= 4 is 50.7 Å². The number of nitrogens with zero attached hydrogens (tertiary/aromatic N) is 1. The fourth-order valence-electron chi connectivity index (χ4n) is 2.64. The van der Waals surface area contributed by atoms with Crippen LogP contribution in [0.2, 0.25) is 15.1 Å². The van der Waals surface area contributed by atoms with Gasteiger partial charge in [0.05, 0.1) is 11.4 Å². The minimum Gasteiger partial charge on any atom is -0.355 e. The minimum atomic E-state index is -3.95. The quantitative estimate of drug-likeness (QED) is 0.482. The number of carbonyl (C=O) groups excluding carboxylic acids is 1. The molecule has 2 aromatic rings. The van der Waals surface area contributed by atoms with E-state index < -0.39 is 10.0 Å². The summed E-state index contributed by atoms with van der Waals surface area (Å²) in [5.74, 6) is -0.372. The van der Waals surface area contributed by atoms with Crippen molar-refractivity contribution < 1.29 is 13.2 Å². The van der Waals surface area contributed by atoms with Crippen molar-refractivity contribution in [3.63, 3.8) is 0 Å². The fraction of sp³-hybridized carbons (Fsp3) is 0.350. The maximum absolute atomic E-state index is 13.2. The van der Waals surface area contributed by atoms with Gasteiger partial charge in [0.25, 0.3) is 0 Å². The van der Waals surface area contributed by atoms with Gasteiger partial charge in [-0.1, -0.05) is 60.6 Å². The van der Waals surface area contributed by atoms with Crippen molar-refractivity contribution in [2.45, 2.75) is 37.6 Å². The molecule has 0 spiro atoms. The smallest absolute Gasteiger partial charge is 0.243 e. The highest BCUT2D eigenvalue weighted by Crippen LogP contribution is 2.25. The third-order valence-electron chi connectivity index (χ3n) is 4.24. The van der Waals surface area contributed by atoms with Crippen LogP contribution in [0.5, 0.6) is 0 Å². The van der Waals surface area contributed by atoms with Crippen LogP contribution in [0.25, 0.3) is 0 Å². The number of hydrogen-bond donors (Lipinski definition) is 1. The molecule has 0 atom stereocenters. The van der Waals surface area contributed by atoms with Crippen LogP contribution in [-0.4, -0.2) is 31.7 Å². The van der Waals surface area contributed by atoms with Crippen LogP contribution >= 0.6 is 34.8 Å². The highest BCUT2D eigenvalue weighted by molar-refractivity contribution is 7.89. The summed E-state index contributed by atoms with van der Waals surface area (Å²) in [5, 5.41) is 3.97. The molecular formula is C20H23Cl3N2O3S. The average Bonchev–Trinajstić information content (AvgIpc) is 2.67. The molecule has 29 heavy (non-hydrogen) atoms. The van der Waals surface area contributed by atoms with Crippen LogP contribution in [0.15, 0.2) is 47.4 Å². The van der Waals surface area contributed by atoms with E-state index in [0.717, 1.165) is 23.6 Å². The lowest BCUT2D eigenvalue weighted by Crippen LogP contribution is -2.40. The zero-order chi connectivity index (χ0) is 21.4. The molecule has 0 saturated heterocycles. The molecule has 1 amide bonds. The number of benzene rings is 2. The summed E-state index contributed by atoms with van der Waals surface area (Å²) in [6.45, 7) is 2.18. The number of unbranched alkanes of at least 4 members (excludes halogenated alkanes) is 2. The van der Waals surface area contributed by atoms with Crippen molar-refractivity contribution in [2.24, 2.45) is 0 Å². The second kappa shape index (κ2) is 11.2. The first kappa shape index (κ1) is 24.0. The molecule has 2 aromatic carbocycles. The SMILES string of the molecule is CCCCCNC(=O)CN(Cc1ccc(Cl)cc1Cl)S(=O)(=O)c1ccc(Cl)cc1. The van der Waals surface area contributed by atoms with E-state index in [4.69, 9.17) is 34.8 Å².